The van der Waals surface area contributed by atoms with Crippen LogP contribution in [0.1, 0.15) is 23.7 Å². The molecule has 6 heteroatoms. The lowest BCUT2D eigenvalue weighted by Crippen LogP contribution is -2.43. The summed E-state index contributed by atoms with van der Waals surface area (Å²) in [5.41, 5.74) is 6.53. The molecule has 1 aliphatic heterocycles. The van der Waals surface area contributed by atoms with Gasteiger partial charge in [0, 0.05) is 42.3 Å². The Morgan fingerprint density at radius 1 is 1.16 bits per heavy atom. The molecule has 0 radical (unpaired) electrons. The van der Waals surface area contributed by atoms with E-state index in [4.69, 9.17) is 4.74 Å². The third-order valence-electron chi connectivity index (χ3n) is 5.72. The van der Waals surface area contributed by atoms with Gasteiger partial charge in [0.25, 0.3) is 0 Å². The molecule has 0 bridgehead atoms. The molecule has 1 aliphatic rings. The van der Waals surface area contributed by atoms with Gasteiger partial charge in [-0.25, -0.2) is 0 Å². The highest BCUT2D eigenvalue weighted by Crippen LogP contribution is 2.28. The molecular formula is C26H31N3O2S. The van der Waals surface area contributed by atoms with Gasteiger partial charge in [0.1, 0.15) is 0 Å². The molecule has 2 aromatic carbocycles. The van der Waals surface area contributed by atoms with E-state index in [1.165, 1.54) is 11.3 Å². The highest BCUT2D eigenvalue weighted by Gasteiger charge is 2.19. The van der Waals surface area contributed by atoms with E-state index >= 15 is 0 Å². The number of carbonyl (C=O) groups is 1. The molecule has 5 nitrogen and oxygen atoms in total. The Bertz CT molecular complexity index is 1030. The number of morpholine rings is 1. The van der Waals surface area contributed by atoms with Crippen LogP contribution in [0.4, 0.5) is 5.69 Å². The summed E-state index contributed by atoms with van der Waals surface area (Å²) in [5, 5.41) is 2.95. The quantitative estimate of drug-likeness (QED) is 0.611. The second-order valence-corrected chi connectivity index (χ2v) is 8.09. The number of carbonyl (C=O) groups excluding carboxylic acids is 1. The third kappa shape index (κ3) is 5.90. The third-order valence-corrected chi connectivity index (χ3v) is 5.72. The number of ether oxygens (including phenoxy) is 1. The van der Waals surface area contributed by atoms with Gasteiger partial charge >= 0.3 is 0 Å². The number of anilines is 1. The molecule has 1 saturated heterocycles. The lowest BCUT2D eigenvalue weighted by atomic mass is 10.00. The maximum atomic E-state index is 12.2. The minimum absolute atomic E-state index is 0. The maximum absolute atomic E-state index is 12.2. The van der Waals surface area contributed by atoms with Gasteiger partial charge in [0.2, 0.25) is 5.91 Å². The van der Waals surface area contributed by atoms with Gasteiger partial charge in [-0.2, -0.15) is 13.5 Å². The number of hydrogen-bond acceptors (Lipinski definition) is 4. The highest BCUT2D eigenvalue weighted by molar-refractivity contribution is 7.59. The second kappa shape index (κ2) is 11.2. The van der Waals surface area contributed by atoms with Crippen LogP contribution in [-0.4, -0.2) is 36.7 Å². The van der Waals surface area contributed by atoms with Crippen LogP contribution in [0.3, 0.4) is 0 Å². The summed E-state index contributed by atoms with van der Waals surface area (Å²) in [6.07, 6.45) is 2.14. The van der Waals surface area contributed by atoms with Crippen LogP contribution < -0.4 is 10.2 Å². The number of aromatic nitrogens is 1. The van der Waals surface area contributed by atoms with Crippen LogP contribution >= 0.6 is 13.5 Å². The standard InChI is InChI=1S/C26H29N3O2.H2S/c1-19-14-24(29-12-13-31-18-20(29)2)10-11-25(19)22-8-9-23(27-17-22)15-26(30)28-16-21-6-4-3-5-7-21;/h3-11,14,17,20H,12-13,15-16,18H2,1-2H3,(H,28,30);1H2/t20-;/m1./s1. The summed E-state index contributed by atoms with van der Waals surface area (Å²) in [6.45, 7) is 7.32. The van der Waals surface area contributed by atoms with Crippen molar-refractivity contribution < 1.29 is 9.53 Å². The van der Waals surface area contributed by atoms with E-state index in [-0.39, 0.29) is 25.8 Å². The Kier molecular flexibility index (Phi) is 8.31. The first-order valence-corrected chi connectivity index (χ1v) is 10.8. The molecule has 0 spiro atoms. The van der Waals surface area contributed by atoms with Crippen molar-refractivity contribution in [2.75, 3.05) is 24.7 Å². The summed E-state index contributed by atoms with van der Waals surface area (Å²) in [4.78, 5) is 19.2. The van der Waals surface area contributed by atoms with Crippen LogP contribution in [0.2, 0.25) is 0 Å². The zero-order valence-corrected chi connectivity index (χ0v) is 19.7. The number of amides is 1. The van der Waals surface area contributed by atoms with Crippen molar-refractivity contribution in [2.24, 2.45) is 0 Å². The van der Waals surface area contributed by atoms with E-state index in [1.54, 1.807) is 0 Å². The molecular weight excluding hydrogens is 418 g/mol. The molecule has 0 aliphatic carbocycles. The first-order chi connectivity index (χ1) is 15.1. The van der Waals surface area contributed by atoms with Crippen LogP contribution in [0.5, 0.6) is 0 Å². The van der Waals surface area contributed by atoms with E-state index in [0.29, 0.717) is 12.6 Å². The van der Waals surface area contributed by atoms with Gasteiger partial charge in [0.05, 0.1) is 19.6 Å². The number of hydrogen-bond donors (Lipinski definition) is 1. The fraction of sp³-hybridized carbons (Fsp3) is 0.308. The first-order valence-electron chi connectivity index (χ1n) is 10.8. The highest BCUT2D eigenvalue weighted by atomic mass is 32.1. The van der Waals surface area contributed by atoms with Crippen molar-refractivity contribution in [1.82, 2.24) is 10.3 Å². The van der Waals surface area contributed by atoms with Gasteiger partial charge in [-0.3, -0.25) is 9.78 Å². The van der Waals surface area contributed by atoms with Crippen LogP contribution in [0.15, 0.2) is 66.9 Å². The molecule has 4 rings (SSSR count). The minimum Gasteiger partial charge on any atom is -0.377 e. The number of nitrogens with zero attached hydrogens (tertiary/aromatic N) is 2. The molecule has 0 saturated carbocycles. The minimum atomic E-state index is -0.0238. The van der Waals surface area contributed by atoms with Crippen molar-refractivity contribution in [2.45, 2.75) is 32.9 Å². The Balaban J connectivity index is 0.00000289. The first kappa shape index (κ1) is 23.8. The Hall–Kier alpha value is -2.83. The van der Waals surface area contributed by atoms with Gasteiger partial charge in [-0.1, -0.05) is 42.5 Å². The van der Waals surface area contributed by atoms with Gasteiger partial charge < -0.3 is 15.0 Å². The summed E-state index contributed by atoms with van der Waals surface area (Å²) < 4.78 is 5.55. The van der Waals surface area contributed by atoms with E-state index in [1.807, 2.05) is 48.7 Å². The number of aryl methyl sites for hydroxylation is 1. The number of rotatable bonds is 6. The molecule has 32 heavy (non-hydrogen) atoms. The van der Waals surface area contributed by atoms with E-state index in [0.717, 1.165) is 42.1 Å². The average molecular weight is 450 g/mol. The Labute approximate surface area is 197 Å². The average Bonchev–Trinajstić information content (AvgIpc) is 2.79. The van der Waals surface area contributed by atoms with Crippen molar-refractivity contribution in [1.29, 1.82) is 0 Å². The molecule has 1 atom stereocenters. The van der Waals surface area contributed by atoms with Crippen molar-refractivity contribution in [3.63, 3.8) is 0 Å². The van der Waals surface area contributed by atoms with Gasteiger partial charge in [0.15, 0.2) is 0 Å². The predicted molar refractivity (Wildman–Crippen MR) is 134 cm³/mol. The fourth-order valence-electron chi connectivity index (χ4n) is 3.97. The number of pyridine rings is 1. The number of nitrogens with one attached hydrogen (secondary N) is 1. The molecule has 1 aromatic heterocycles. The molecule has 1 amide bonds. The van der Waals surface area contributed by atoms with Gasteiger partial charge in [-0.05, 0) is 48.7 Å². The lowest BCUT2D eigenvalue weighted by Gasteiger charge is -2.35. The van der Waals surface area contributed by atoms with Crippen molar-refractivity contribution >= 4 is 25.1 Å². The predicted octanol–water partition coefficient (Wildman–Crippen LogP) is 4.25. The monoisotopic (exact) mass is 449 g/mol. The topological polar surface area (TPSA) is 54.5 Å². The normalized spacial score (nSPS) is 15.7. The molecule has 2 heterocycles. The van der Waals surface area contributed by atoms with E-state index < -0.39 is 0 Å². The van der Waals surface area contributed by atoms with Gasteiger partial charge in [-0.15, -0.1) is 0 Å². The molecule has 1 fully saturated rings. The van der Waals surface area contributed by atoms with Crippen molar-refractivity contribution in [3.8, 4) is 11.1 Å². The van der Waals surface area contributed by atoms with E-state index in [2.05, 4.69) is 47.2 Å². The summed E-state index contributed by atoms with van der Waals surface area (Å²) in [5.74, 6) is -0.0238. The SMILES string of the molecule is Cc1cc(N2CCOC[C@H]2C)ccc1-c1ccc(CC(=O)NCc2ccccc2)nc1.S. The van der Waals surface area contributed by atoms with Crippen molar-refractivity contribution in [3.05, 3.63) is 83.7 Å². The summed E-state index contributed by atoms with van der Waals surface area (Å²) >= 11 is 0. The molecule has 3 aromatic rings. The lowest BCUT2D eigenvalue weighted by molar-refractivity contribution is -0.120. The zero-order chi connectivity index (χ0) is 21.6. The molecule has 168 valence electrons. The largest absolute Gasteiger partial charge is 0.377 e. The smallest absolute Gasteiger partial charge is 0.226 e. The molecule has 1 N–H and O–H groups in total. The molecule has 0 unspecified atom stereocenters. The maximum Gasteiger partial charge on any atom is 0.226 e. The fourth-order valence-corrected chi connectivity index (χ4v) is 3.97. The van der Waals surface area contributed by atoms with Crippen LogP contribution in [0, 0.1) is 6.92 Å². The summed E-state index contributed by atoms with van der Waals surface area (Å²) in [7, 11) is 0. The Morgan fingerprint density at radius 3 is 2.66 bits per heavy atom. The Morgan fingerprint density at radius 2 is 1.97 bits per heavy atom. The second-order valence-electron chi connectivity index (χ2n) is 8.09. The zero-order valence-electron chi connectivity index (χ0n) is 18.7. The van der Waals surface area contributed by atoms with Crippen LogP contribution in [0.25, 0.3) is 11.1 Å². The number of benzene rings is 2. The van der Waals surface area contributed by atoms with E-state index in [9.17, 15) is 4.79 Å². The van der Waals surface area contributed by atoms with Crippen LogP contribution in [-0.2, 0) is 22.5 Å². The summed E-state index contributed by atoms with van der Waals surface area (Å²) in [6, 6.07) is 20.9.